The standard InChI is InChI=1S/C22H27FN4O3/c1-24-22(25-10-9-14-12-26-18-11-16(23)6-7-17(14)18)27-13-15-5-8-19(28-2)21(30-4)20(15)29-3/h5-8,11-12,26H,9-10,13H2,1-4H3,(H2,24,25,27). The van der Waals surface area contributed by atoms with E-state index in [1.54, 1.807) is 34.4 Å². The number of nitrogens with zero attached hydrogens (tertiary/aromatic N) is 1. The molecular formula is C22H27FN4O3. The summed E-state index contributed by atoms with van der Waals surface area (Å²) in [5.41, 5.74) is 2.83. The van der Waals surface area contributed by atoms with Gasteiger partial charge in [-0.2, -0.15) is 0 Å². The van der Waals surface area contributed by atoms with Crippen molar-refractivity contribution in [2.45, 2.75) is 13.0 Å². The molecule has 3 aromatic rings. The van der Waals surface area contributed by atoms with Gasteiger partial charge in [0.25, 0.3) is 0 Å². The minimum atomic E-state index is -0.246. The largest absolute Gasteiger partial charge is 0.493 e. The molecule has 0 aliphatic carbocycles. The zero-order chi connectivity index (χ0) is 21.5. The second-order valence-corrected chi connectivity index (χ2v) is 6.60. The van der Waals surface area contributed by atoms with Crippen molar-refractivity contribution in [3.05, 3.63) is 53.5 Å². The van der Waals surface area contributed by atoms with Crippen LogP contribution in [0, 0.1) is 5.82 Å². The first-order valence-corrected chi connectivity index (χ1v) is 9.59. The fraction of sp³-hybridized carbons (Fsp3) is 0.318. The van der Waals surface area contributed by atoms with Crippen LogP contribution in [0.25, 0.3) is 10.9 Å². The lowest BCUT2D eigenvalue weighted by Crippen LogP contribution is -2.37. The molecule has 0 aliphatic rings. The lowest BCUT2D eigenvalue weighted by molar-refractivity contribution is 0.322. The van der Waals surface area contributed by atoms with E-state index >= 15 is 0 Å². The molecule has 0 radical (unpaired) electrons. The lowest BCUT2D eigenvalue weighted by atomic mass is 10.1. The summed E-state index contributed by atoms with van der Waals surface area (Å²) in [5, 5.41) is 7.60. The molecular weight excluding hydrogens is 387 g/mol. The van der Waals surface area contributed by atoms with E-state index in [0.29, 0.717) is 36.3 Å². The molecule has 7 nitrogen and oxygen atoms in total. The van der Waals surface area contributed by atoms with Gasteiger partial charge in [-0.25, -0.2) is 4.39 Å². The monoisotopic (exact) mass is 414 g/mol. The quantitative estimate of drug-likeness (QED) is 0.390. The third-order valence-electron chi connectivity index (χ3n) is 4.87. The van der Waals surface area contributed by atoms with Crippen LogP contribution in [-0.2, 0) is 13.0 Å². The Bertz CT molecular complexity index is 1030. The Morgan fingerprint density at radius 1 is 1.00 bits per heavy atom. The zero-order valence-electron chi connectivity index (χ0n) is 17.6. The van der Waals surface area contributed by atoms with E-state index in [1.165, 1.54) is 12.1 Å². The van der Waals surface area contributed by atoms with Gasteiger partial charge in [-0.15, -0.1) is 0 Å². The van der Waals surface area contributed by atoms with Crippen molar-refractivity contribution in [1.82, 2.24) is 15.6 Å². The SMILES string of the molecule is CN=C(NCCc1c[nH]c2cc(F)ccc12)NCc1ccc(OC)c(OC)c1OC. The van der Waals surface area contributed by atoms with Gasteiger partial charge >= 0.3 is 0 Å². The van der Waals surface area contributed by atoms with E-state index in [-0.39, 0.29) is 5.82 Å². The van der Waals surface area contributed by atoms with Crippen LogP contribution in [0.15, 0.2) is 41.5 Å². The molecule has 0 saturated carbocycles. The van der Waals surface area contributed by atoms with E-state index in [2.05, 4.69) is 20.6 Å². The summed E-state index contributed by atoms with van der Waals surface area (Å²) in [5.74, 6) is 2.20. The van der Waals surface area contributed by atoms with Gasteiger partial charge in [0.15, 0.2) is 17.5 Å². The third kappa shape index (κ3) is 4.59. The first kappa shape index (κ1) is 21.3. The van der Waals surface area contributed by atoms with Crippen molar-refractivity contribution in [3.8, 4) is 17.2 Å². The summed E-state index contributed by atoms with van der Waals surface area (Å²) in [6.45, 7) is 1.17. The predicted octanol–water partition coefficient (Wildman–Crippen LogP) is 3.24. The average molecular weight is 414 g/mol. The minimum absolute atomic E-state index is 0.246. The van der Waals surface area contributed by atoms with Gasteiger partial charge < -0.3 is 29.8 Å². The molecule has 0 unspecified atom stereocenters. The van der Waals surface area contributed by atoms with Crippen LogP contribution in [0.2, 0.25) is 0 Å². The molecule has 0 spiro atoms. The Labute approximate surface area is 175 Å². The van der Waals surface area contributed by atoms with Gasteiger partial charge in [0.1, 0.15) is 5.82 Å². The van der Waals surface area contributed by atoms with Gasteiger partial charge in [-0.1, -0.05) is 0 Å². The Hall–Kier alpha value is -3.42. The number of benzene rings is 2. The minimum Gasteiger partial charge on any atom is -0.493 e. The lowest BCUT2D eigenvalue weighted by Gasteiger charge is -2.17. The van der Waals surface area contributed by atoms with Gasteiger partial charge in [0, 0.05) is 42.8 Å². The highest BCUT2D eigenvalue weighted by Gasteiger charge is 2.16. The number of H-pyrrole nitrogens is 1. The Morgan fingerprint density at radius 3 is 2.50 bits per heavy atom. The molecule has 2 aromatic carbocycles. The van der Waals surface area contributed by atoms with Crippen molar-refractivity contribution in [3.63, 3.8) is 0 Å². The number of hydrogen-bond donors (Lipinski definition) is 3. The molecule has 8 heteroatoms. The molecule has 0 fully saturated rings. The highest BCUT2D eigenvalue weighted by atomic mass is 19.1. The molecule has 0 aliphatic heterocycles. The van der Waals surface area contributed by atoms with Crippen molar-refractivity contribution in [1.29, 1.82) is 0 Å². The molecule has 0 amide bonds. The molecule has 30 heavy (non-hydrogen) atoms. The van der Waals surface area contributed by atoms with Gasteiger partial charge in [-0.05, 0) is 42.3 Å². The molecule has 160 valence electrons. The first-order valence-electron chi connectivity index (χ1n) is 9.59. The number of ether oxygens (including phenoxy) is 3. The number of aromatic nitrogens is 1. The van der Waals surface area contributed by atoms with Gasteiger partial charge in [-0.3, -0.25) is 4.99 Å². The van der Waals surface area contributed by atoms with Crippen LogP contribution in [0.3, 0.4) is 0 Å². The topological polar surface area (TPSA) is 79.9 Å². The molecule has 3 N–H and O–H groups in total. The van der Waals surface area contributed by atoms with E-state index in [9.17, 15) is 4.39 Å². The van der Waals surface area contributed by atoms with Crippen molar-refractivity contribution in [2.24, 2.45) is 4.99 Å². The first-order chi connectivity index (χ1) is 14.6. The number of halogens is 1. The van der Waals surface area contributed by atoms with E-state index in [0.717, 1.165) is 28.5 Å². The summed E-state index contributed by atoms with van der Waals surface area (Å²) in [7, 11) is 6.49. The fourth-order valence-electron chi connectivity index (χ4n) is 3.38. The summed E-state index contributed by atoms with van der Waals surface area (Å²) in [6, 6.07) is 8.54. The fourth-order valence-corrected chi connectivity index (χ4v) is 3.38. The van der Waals surface area contributed by atoms with Crippen molar-refractivity contribution < 1.29 is 18.6 Å². The molecule has 0 atom stereocenters. The Kier molecular flexibility index (Phi) is 7.00. The number of nitrogens with one attached hydrogen (secondary N) is 3. The number of guanidine groups is 1. The second-order valence-electron chi connectivity index (χ2n) is 6.60. The van der Waals surface area contributed by atoms with Crippen LogP contribution in [-0.4, -0.2) is 45.9 Å². The van der Waals surface area contributed by atoms with Gasteiger partial charge in [0.05, 0.1) is 21.3 Å². The predicted molar refractivity (Wildman–Crippen MR) is 116 cm³/mol. The smallest absolute Gasteiger partial charge is 0.203 e. The molecule has 0 saturated heterocycles. The summed E-state index contributed by atoms with van der Waals surface area (Å²) in [4.78, 5) is 7.38. The van der Waals surface area contributed by atoms with Crippen molar-refractivity contribution in [2.75, 3.05) is 34.9 Å². The maximum absolute atomic E-state index is 13.3. The van der Waals surface area contributed by atoms with Gasteiger partial charge in [0.2, 0.25) is 5.75 Å². The molecule has 0 bridgehead atoms. The highest BCUT2D eigenvalue weighted by Crippen LogP contribution is 2.39. The maximum atomic E-state index is 13.3. The summed E-state index contributed by atoms with van der Waals surface area (Å²) < 4.78 is 29.6. The number of aromatic amines is 1. The number of methoxy groups -OCH3 is 3. The molecule has 3 rings (SSSR count). The van der Waals surface area contributed by atoms with Crippen molar-refractivity contribution >= 4 is 16.9 Å². The van der Waals surface area contributed by atoms with Crippen LogP contribution in [0.5, 0.6) is 17.2 Å². The van der Waals surface area contributed by atoms with Crippen LogP contribution in [0.1, 0.15) is 11.1 Å². The van der Waals surface area contributed by atoms with E-state index < -0.39 is 0 Å². The van der Waals surface area contributed by atoms with Crippen LogP contribution >= 0.6 is 0 Å². The molecule has 1 aromatic heterocycles. The van der Waals surface area contributed by atoms with E-state index in [4.69, 9.17) is 14.2 Å². The summed E-state index contributed by atoms with van der Waals surface area (Å²) >= 11 is 0. The van der Waals surface area contributed by atoms with E-state index in [1.807, 2.05) is 18.3 Å². The Balaban J connectivity index is 1.60. The highest BCUT2D eigenvalue weighted by molar-refractivity contribution is 5.83. The van der Waals surface area contributed by atoms with Crippen LogP contribution in [0.4, 0.5) is 4.39 Å². The number of rotatable bonds is 8. The third-order valence-corrected chi connectivity index (χ3v) is 4.87. The zero-order valence-corrected chi connectivity index (χ0v) is 17.6. The average Bonchev–Trinajstić information content (AvgIpc) is 3.16. The number of fused-ring (bicyclic) bond motifs is 1. The Morgan fingerprint density at radius 2 is 1.80 bits per heavy atom. The number of hydrogen-bond acceptors (Lipinski definition) is 4. The number of aliphatic imine (C=N–C) groups is 1. The summed E-state index contributed by atoms with van der Waals surface area (Å²) in [6.07, 6.45) is 2.68. The maximum Gasteiger partial charge on any atom is 0.203 e. The normalized spacial score (nSPS) is 11.4. The van der Waals surface area contributed by atoms with Crippen LogP contribution < -0.4 is 24.8 Å². The molecule has 1 heterocycles. The second kappa shape index (κ2) is 9.87.